The molecule has 1 N–H and O–H groups in total. The monoisotopic (exact) mass is 326 g/mol. The zero-order valence-electron chi connectivity index (χ0n) is 13.5. The lowest BCUT2D eigenvalue weighted by atomic mass is 9.85. The van der Waals surface area contributed by atoms with Gasteiger partial charge in [-0.1, -0.05) is 0 Å². The zero-order valence-corrected chi connectivity index (χ0v) is 13.5. The van der Waals surface area contributed by atoms with Gasteiger partial charge in [-0.2, -0.15) is 5.10 Å². The maximum absolute atomic E-state index is 13.5. The summed E-state index contributed by atoms with van der Waals surface area (Å²) in [6.45, 7) is 1.63. The Morgan fingerprint density at radius 3 is 2.91 bits per heavy atom. The first-order chi connectivity index (χ1) is 10.9. The number of aryl methyl sites for hydroxylation is 1. The van der Waals surface area contributed by atoms with Gasteiger partial charge in [-0.25, -0.2) is 8.78 Å². The fraction of sp³-hybridized carbons (Fsp3) is 0.750. The second-order valence-electron chi connectivity index (χ2n) is 6.76. The third-order valence-electron chi connectivity index (χ3n) is 4.90. The minimum absolute atomic E-state index is 0.0155. The van der Waals surface area contributed by atoms with Crippen molar-refractivity contribution in [2.45, 2.75) is 50.5 Å². The summed E-state index contributed by atoms with van der Waals surface area (Å²) in [7, 11) is 1.89. The number of carbonyl (C=O) groups excluding carboxylic acids is 1. The van der Waals surface area contributed by atoms with Crippen molar-refractivity contribution < 1.29 is 13.6 Å². The lowest BCUT2D eigenvalue weighted by Gasteiger charge is -2.36. The van der Waals surface area contributed by atoms with Gasteiger partial charge < -0.3 is 10.2 Å². The number of nitrogens with zero attached hydrogens (tertiary/aromatic N) is 3. The molecule has 2 aliphatic rings. The zero-order chi connectivity index (χ0) is 16.4. The van der Waals surface area contributed by atoms with Crippen LogP contribution in [0.2, 0.25) is 0 Å². The predicted molar refractivity (Wildman–Crippen MR) is 83.5 cm³/mol. The van der Waals surface area contributed by atoms with Crippen LogP contribution in [0.15, 0.2) is 12.3 Å². The van der Waals surface area contributed by atoms with Crippen LogP contribution in [0.1, 0.15) is 38.5 Å². The van der Waals surface area contributed by atoms with E-state index in [1.165, 1.54) is 0 Å². The lowest BCUT2D eigenvalue weighted by Crippen LogP contribution is -2.50. The Hall–Kier alpha value is -1.66. The van der Waals surface area contributed by atoms with Crippen molar-refractivity contribution in [3.05, 3.63) is 12.3 Å². The molecule has 1 saturated carbocycles. The molecule has 2 unspecified atom stereocenters. The number of rotatable bonds is 3. The Bertz CT molecular complexity index is 560. The average Bonchev–Trinajstić information content (AvgIpc) is 2.92. The van der Waals surface area contributed by atoms with Crippen LogP contribution in [0.25, 0.3) is 0 Å². The number of carbonyl (C=O) groups is 1. The highest BCUT2D eigenvalue weighted by Crippen LogP contribution is 2.36. The molecule has 0 bridgehead atoms. The van der Waals surface area contributed by atoms with E-state index in [2.05, 4.69) is 15.3 Å². The highest BCUT2D eigenvalue weighted by molar-refractivity contribution is 5.79. The molecule has 1 amide bonds. The van der Waals surface area contributed by atoms with Crippen molar-refractivity contribution in [3.8, 4) is 0 Å². The fourth-order valence-electron chi connectivity index (χ4n) is 3.69. The largest absolute Gasteiger partial charge is 0.355 e. The summed E-state index contributed by atoms with van der Waals surface area (Å²) in [6, 6.07) is 1.97. The molecule has 0 radical (unpaired) electrons. The molecule has 1 aromatic heterocycles. The quantitative estimate of drug-likeness (QED) is 0.927. The molecule has 2 atom stereocenters. The average molecular weight is 326 g/mol. The van der Waals surface area contributed by atoms with Gasteiger partial charge in [-0.3, -0.25) is 9.48 Å². The number of hydrogen-bond acceptors (Lipinski definition) is 3. The minimum atomic E-state index is -2.69. The Labute approximate surface area is 135 Å². The number of hydrogen-bond donors (Lipinski definition) is 1. The predicted octanol–water partition coefficient (Wildman–Crippen LogP) is 2.33. The summed E-state index contributed by atoms with van der Waals surface area (Å²) in [6.07, 6.45) is 4.21. The van der Waals surface area contributed by atoms with Crippen LogP contribution >= 0.6 is 0 Å². The maximum Gasteiger partial charge on any atom is 0.248 e. The molecule has 128 valence electrons. The number of piperidine rings is 1. The number of amides is 1. The third kappa shape index (κ3) is 3.82. The molecular formula is C16H24F2N4O. The lowest BCUT2D eigenvalue weighted by molar-refractivity contribution is -0.133. The van der Waals surface area contributed by atoms with Crippen molar-refractivity contribution in [1.82, 2.24) is 15.1 Å². The van der Waals surface area contributed by atoms with Crippen LogP contribution in [0, 0.1) is 5.92 Å². The van der Waals surface area contributed by atoms with Gasteiger partial charge >= 0.3 is 0 Å². The van der Waals surface area contributed by atoms with Crippen molar-refractivity contribution in [3.63, 3.8) is 0 Å². The van der Waals surface area contributed by atoms with E-state index in [4.69, 9.17) is 0 Å². The van der Waals surface area contributed by atoms with E-state index in [0.717, 1.165) is 25.2 Å². The molecule has 0 aromatic carbocycles. The summed E-state index contributed by atoms with van der Waals surface area (Å²) in [5, 5.41) is 7.17. The first-order valence-corrected chi connectivity index (χ1v) is 8.36. The number of halogens is 2. The molecule has 7 heteroatoms. The van der Waals surface area contributed by atoms with Gasteiger partial charge in [0.1, 0.15) is 5.82 Å². The first kappa shape index (κ1) is 16.2. The number of alkyl halides is 2. The van der Waals surface area contributed by atoms with Gasteiger partial charge in [0.15, 0.2) is 0 Å². The molecule has 3 rings (SSSR count). The van der Waals surface area contributed by atoms with E-state index in [-0.39, 0.29) is 24.8 Å². The van der Waals surface area contributed by atoms with Gasteiger partial charge in [0.25, 0.3) is 0 Å². The Morgan fingerprint density at radius 2 is 2.22 bits per heavy atom. The Kier molecular flexibility index (Phi) is 4.55. The summed E-state index contributed by atoms with van der Waals surface area (Å²) in [5.41, 5.74) is 0. The van der Waals surface area contributed by atoms with Crippen LogP contribution in [0.4, 0.5) is 14.6 Å². The third-order valence-corrected chi connectivity index (χ3v) is 4.90. The first-order valence-electron chi connectivity index (χ1n) is 8.36. The molecule has 2 heterocycles. The standard InChI is InChI=1S/C16H24F2N4O/c1-21-14(6-8-19-21)22-9-3-5-13(11-22)20-15(23)12-4-2-7-16(17,18)10-12/h6,8,12-13H,2-5,7,9-11H2,1H3,(H,20,23). The van der Waals surface area contributed by atoms with E-state index in [9.17, 15) is 13.6 Å². The highest BCUT2D eigenvalue weighted by Gasteiger charge is 2.39. The van der Waals surface area contributed by atoms with Gasteiger partial charge in [-0.15, -0.1) is 0 Å². The van der Waals surface area contributed by atoms with E-state index < -0.39 is 11.8 Å². The van der Waals surface area contributed by atoms with Crippen LogP contribution in [0.3, 0.4) is 0 Å². The van der Waals surface area contributed by atoms with Crippen LogP contribution in [-0.2, 0) is 11.8 Å². The van der Waals surface area contributed by atoms with Gasteiger partial charge in [0, 0.05) is 51.0 Å². The molecule has 1 aromatic rings. The molecular weight excluding hydrogens is 302 g/mol. The molecule has 1 aliphatic heterocycles. The van der Waals surface area contributed by atoms with Crippen molar-refractivity contribution in [2.24, 2.45) is 13.0 Å². The van der Waals surface area contributed by atoms with E-state index in [0.29, 0.717) is 19.4 Å². The topological polar surface area (TPSA) is 50.2 Å². The van der Waals surface area contributed by atoms with E-state index in [1.54, 1.807) is 6.20 Å². The van der Waals surface area contributed by atoms with Gasteiger partial charge in [0.2, 0.25) is 11.8 Å². The molecule has 1 aliphatic carbocycles. The molecule has 5 nitrogen and oxygen atoms in total. The van der Waals surface area contributed by atoms with Gasteiger partial charge in [0.05, 0.1) is 6.20 Å². The summed E-state index contributed by atoms with van der Waals surface area (Å²) >= 11 is 0. The van der Waals surface area contributed by atoms with Crippen molar-refractivity contribution >= 4 is 11.7 Å². The molecule has 1 saturated heterocycles. The number of anilines is 1. The normalized spacial score (nSPS) is 27.7. The minimum Gasteiger partial charge on any atom is -0.355 e. The fourth-order valence-corrected chi connectivity index (χ4v) is 3.69. The van der Waals surface area contributed by atoms with E-state index in [1.807, 2.05) is 17.8 Å². The number of nitrogens with one attached hydrogen (secondary N) is 1. The summed E-state index contributed by atoms with van der Waals surface area (Å²) < 4.78 is 28.8. The maximum atomic E-state index is 13.5. The number of aromatic nitrogens is 2. The Morgan fingerprint density at radius 1 is 1.39 bits per heavy atom. The smallest absolute Gasteiger partial charge is 0.248 e. The van der Waals surface area contributed by atoms with Crippen molar-refractivity contribution in [2.75, 3.05) is 18.0 Å². The molecule has 0 spiro atoms. The SMILES string of the molecule is Cn1nccc1N1CCCC(NC(=O)C2CCCC(F)(F)C2)C1. The van der Waals surface area contributed by atoms with Crippen molar-refractivity contribution in [1.29, 1.82) is 0 Å². The van der Waals surface area contributed by atoms with Crippen LogP contribution in [-0.4, -0.2) is 40.7 Å². The summed E-state index contributed by atoms with van der Waals surface area (Å²) in [4.78, 5) is 14.5. The van der Waals surface area contributed by atoms with Crippen LogP contribution < -0.4 is 10.2 Å². The second-order valence-corrected chi connectivity index (χ2v) is 6.76. The molecule has 23 heavy (non-hydrogen) atoms. The van der Waals surface area contributed by atoms with Crippen LogP contribution in [0.5, 0.6) is 0 Å². The van der Waals surface area contributed by atoms with E-state index >= 15 is 0 Å². The second kappa shape index (κ2) is 6.45. The summed E-state index contributed by atoms with van der Waals surface area (Å²) in [5.74, 6) is -2.42. The highest BCUT2D eigenvalue weighted by atomic mass is 19.3. The van der Waals surface area contributed by atoms with Gasteiger partial charge in [-0.05, 0) is 25.7 Å². The molecule has 2 fully saturated rings. The Balaban J connectivity index is 1.57.